The Bertz CT molecular complexity index is 232. The van der Waals surface area contributed by atoms with Crippen molar-refractivity contribution in [2.75, 3.05) is 13.2 Å². The summed E-state index contributed by atoms with van der Waals surface area (Å²) >= 11 is 2.73. The molecule has 0 fully saturated rings. The minimum Gasteiger partial charge on any atom is -0.501 e. The van der Waals surface area contributed by atoms with Crippen LogP contribution in [0.2, 0.25) is 0 Å². The average molecular weight is 267 g/mol. The second-order valence-electron chi connectivity index (χ2n) is 2.10. The first-order valence-electron chi connectivity index (χ1n) is 3.97. The van der Waals surface area contributed by atoms with E-state index >= 15 is 0 Å². The number of esters is 2. The van der Waals surface area contributed by atoms with Gasteiger partial charge in [0.15, 0.2) is 4.48 Å². The van der Waals surface area contributed by atoms with Crippen LogP contribution in [0.15, 0.2) is 10.2 Å². The minimum absolute atomic E-state index is 0.117. The van der Waals surface area contributed by atoms with Gasteiger partial charge in [-0.1, -0.05) is 0 Å². The second-order valence-corrected chi connectivity index (χ2v) is 2.90. The molecular formula is C8H11BrO5. The largest absolute Gasteiger partial charge is 0.501 e. The van der Waals surface area contributed by atoms with Crippen LogP contribution in [0.25, 0.3) is 0 Å². The summed E-state index contributed by atoms with van der Waals surface area (Å²) in [7, 11) is 0. The molecule has 0 aliphatic rings. The summed E-state index contributed by atoms with van der Waals surface area (Å²) in [5.74, 6) is -2.56. The van der Waals surface area contributed by atoms with Crippen molar-refractivity contribution < 1.29 is 24.2 Å². The molecule has 14 heavy (non-hydrogen) atoms. The maximum atomic E-state index is 11.0. The van der Waals surface area contributed by atoms with Gasteiger partial charge in [0.1, 0.15) is 0 Å². The fraction of sp³-hybridized carbons (Fsp3) is 0.500. The van der Waals surface area contributed by atoms with E-state index in [1.165, 1.54) is 0 Å². The van der Waals surface area contributed by atoms with Gasteiger partial charge < -0.3 is 14.6 Å². The molecule has 0 aliphatic heterocycles. The molecule has 0 heterocycles. The highest BCUT2D eigenvalue weighted by atomic mass is 79.9. The quantitative estimate of drug-likeness (QED) is 0.472. The van der Waals surface area contributed by atoms with Crippen molar-refractivity contribution in [1.29, 1.82) is 0 Å². The lowest BCUT2D eigenvalue weighted by molar-refractivity contribution is -0.143. The molecular weight excluding hydrogens is 256 g/mol. The maximum absolute atomic E-state index is 11.0. The van der Waals surface area contributed by atoms with Crippen molar-refractivity contribution in [2.45, 2.75) is 13.8 Å². The summed E-state index contributed by atoms with van der Waals surface area (Å²) in [4.78, 5) is 21.9. The first-order chi connectivity index (χ1) is 6.54. The molecule has 0 aromatic rings. The van der Waals surface area contributed by atoms with Gasteiger partial charge in [0, 0.05) is 0 Å². The number of ether oxygens (including phenoxy) is 2. The number of hydrogen-bond acceptors (Lipinski definition) is 5. The first kappa shape index (κ1) is 13.0. The van der Waals surface area contributed by atoms with Gasteiger partial charge in [-0.2, -0.15) is 0 Å². The van der Waals surface area contributed by atoms with Crippen LogP contribution in [0.4, 0.5) is 0 Å². The van der Waals surface area contributed by atoms with E-state index < -0.39 is 17.7 Å². The monoisotopic (exact) mass is 266 g/mol. The third-order valence-electron chi connectivity index (χ3n) is 1.13. The Kier molecular flexibility index (Phi) is 5.94. The molecule has 0 aromatic carbocycles. The van der Waals surface area contributed by atoms with Gasteiger partial charge in [-0.3, -0.25) is 0 Å². The zero-order valence-electron chi connectivity index (χ0n) is 7.87. The van der Waals surface area contributed by atoms with Gasteiger partial charge in [-0.25, -0.2) is 9.59 Å². The predicted molar refractivity (Wildman–Crippen MR) is 51.8 cm³/mol. The Morgan fingerprint density at radius 2 is 1.57 bits per heavy atom. The number of aliphatic hydroxyl groups is 1. The van der Waals surface area contributed by atoms with Gasteiger partial charge in [-0.15, -0.1) is 0 Å². The van der Waals surface area contributed by atoms with Crippen LogP contribution < -0.4 is 0 Å². The standard InChI is InChI=1S/C8H11BrO5/c1-3-13-7(11)5(9)6(10)8(12)14-4-2/h10H,3-4H2,1-2H3. The van der Waals surface area contributed by atoms with Gasteiger partial charge in [0.05, 0.1) is 13.2 Å². The Balaban J connectivity index is 4.57. The SMILES string of the molecule is CCOC(=O)C(O)=C(Br)C(=O)OCC. The van der Waals surface area contributed by atoms with E-state index in [9.17, 15) is 14.7 Å². The number of rotatable bonds is 4. The summed E-state index contributed by atoms with van der Waals surface area (Å²) in [5, 5.41) is 9.17. The number of hydrogen-bond donors (Lipinski definition) is 1. The summed E-state index contributed by atoms with van der Waals surface area (Å²) in [6, 6.07) is 0. The number of carbonyl (C=O) groups is 2. The Hall–Kier alpha value is -1.04. The third kappa shape index (κ3) is 3.78. The van der Waals surface area contributed by atoms with Gasteiger partial charge in [-0.05, 0) is 29.8 Å². The molecule has 0 atom stereocenters. The molecule has 80 valence electrons. The fourth-order valence-electron chi connectivity index (χ4n) is 0.580. The molecule has 0 bridgehead atoms. The number of aliphatic hydroxyl groups excluding tert-OH is 1. The highest BCUT2D eigenvalue weighted by molar-refractivity contribution is 9.12. The zero-order valence-corrected chi connectivity index (χ0v) is 9.46. The lowest BCUT2D eigenvalue weighted by atomic mass is 10.4. The van der Waals surface area contributed by atoms with Gasteiger partial charge in [0.25, 0.3) is 0 Å². The second kappa shape index (κ2) is 6.42. The van der Waals surface area contributed by atoms with Crippen molar-refractivity contribution in [2.24, 2.45) is 0 Å². The molecule has 0 spiro atoms. The zero-order chi connectivity index (χ0) is 11.1. The normalized spacial score (nSPS) is 11.6. The number of carbonyl (C=O) groups excluding carboxylic acids is 2. The summed E-state index contributed by atoms with van der Waals surface area (Å²) in [6.07, 6.45) is 0. The number of halogens is 1. The lowest BCUT2D eigenvalue weighted by Gasteiger charge is -2.03. The molecule has 0 saturated heterocycles. The molecule has 0 radical (unpaired) electrons. The lowest BCUT2D eigenvalue weighted by Crippen LogP contribution is -2.13. The van der Waals surface area contributed by atoms with Crippen molar-refractivity contribution in [1.82, 2.24) is 0 Å². The molecule has 0 amide bonds. The van der Waals surface area contributed by atoms with Crippen LogP contribution >= 0.6 is 15.9 Å². The minimum atomic E-state index is -0.965. The summed E-state index contributed by atoms with van der Waals surface area (Å²) < 4.78 is 8.67. The van der Waals surface area contributed by atoms with Crippen LogP contribution in [-0.2, 0) is 19.1 Å². The molecule has 6 heteroatoms. The van der Waals surface area contributed by atoms with E-state index in [0.29, 0.717) is 0 Å². The van der Waals surface area contributed by atoms with Gasteiger partial charge in [0.2, 0.25) is 5.76 Å². The van der Waals surface area contributed by atoms with Crippen LogP contribution in [-0.4, -0.2) is 30.3 Å². The van der Waals surface area contributed by atoms with Gasteiger partial charge >= 0.3 is 11.9 Å². The average Bonchev–Trinajstić information content (AvgIpc) is 2.16. The third-order valence-corrected chi connectivity index (χ3v) is 1.83. The Morgan fingerprint density at radius 1 is 1.14 bits per heavy atom. The molecule has 0 aliphatic carbocycles. The molecule has 0 aromatic heterocycles. The first-order valence-corrected chi connectivity index (χ1v) is 4.76. The maximum Gasteiger partial charge on any atom is 0.374 e. The molecule has 1 N–H and O–H groups in total. The van der Waals surface area contributed by atoms with Crippen molar-refractivity contribution in [3.8, 4) is 0 Å². The van der Waals surface area contributed by atoms with E-state index in [0.717, 1.165) is 0 Å². The Morgan fingerprint density at radius 3 is 2.00 bits per heavy atom. The topological polar surface area (TPSA) is 72.8 Å². The molecule has 0 rings (SSSR count). The summed E-state index contributed by atoms with van der Waals surface area (Å²) in [6.45, 7) is 3.47. The fourth-order valence-corrected chi connectivity index (χ4v) is 0.857. The smallest absolute Gasteiger partial charge is 0.374 e. The van der Waals surface area contributed by atoms with E-state index in [2.05, 4.69) is 25.4 Å². The Labute approximate surface area is 89.8 Å². The van der Waals surface area contributed by atoms with Crippen LogP contribution in [0.1, 0.15) is 13.8 Å². The van der Waals surface area contributed by atoms with Crippen molar-refractivity contribution in [3.63, 3.8) is 0 Å². The van der Waals surface area contributed by atoms with Crippen LogP contribution in [0, 0.1) is 0 Å². The van der Waals surface area contributed by atoms with Crippen LogP contribution in [0.3, 0.4) is 0 Å². The van der Waals surface area contributed by atoms with Crippen LogP contribution in [0.5, 0.6) is 0 Å². The van der Waals surface area contributed by atoms with E-state index in [1.54, 1.807) is 13.8 Å². The summed E-state index contributed by atoms with van der Waals surface area (Å²) in [5.41, 5.74) is 0. The van der Waals surface area contributed by atoms with E-state index in [-0.39, 0.29) is 17.7 Å². The van der Waals surface area contributed by atoms with Crippen molar-refractivity contribution in [3.05, 3.63) is 10.2 Å². The highest BCUT2D eigenvalue weighted by Crippen LogP contribution is 2.13. The van der Waals surface area contributed by atoms with E-state index in [4.69, 9.17) is 0 Å². The predicted octanol–water partition coefficient (Wildman–Crippen LogP) is 1.28. The van der Waals surface area contributed by atoms with Crippen molar-refractivity contribution >= 4 is 27.9 Å². The molecule has 5 nitrogen and oxygen atoms in total. The molecule has 0 saturated carbocycles. The molecule has 0 unspecified atom stereocenters. The highest BCUT2D eigenvalue weighted by Gasteiger charge is 2.20. The van der Waals surface area contributed by atoms with E-state index in [1.807, 2.05) is 0 Å².